The van der Waals surface area contributed by atoms with Gasteiger partial charge in [-0.05, 0) is 42.8 Å². The van der Waals surface area contributed by atoms with Gasteiger partial charge in [-0.25, -0.2) is 18.1 Å². The first kappa shape index (κ1) is 21.9. The Labute approximate surface area is 200 Å². The van der Waals surface area contributed by atoms with Gasteiger partial charge >= 0.3 is 0 Å². The topological polar surface area (TPSA) is 94.0 Å². The minimum absolute atomic E-state index is 0.0374. The molecule has 0 bridgehead atoms. The van der Waals surface area contributed by atoms with Gasteiger partial charge in [0.1, 0.15) is 5.69 Å². The fourth-order valence-corrected chi connectivity index (χ4v) is 5.96. The number of amides is 1. The molecule has 33 heavy (non-hydrogen) atoms. The van der Waals surface area contributed by atoms with E-state index in [1.165, 1.54) is 6.20 Å². The predicted molar refractivity (Wildman–Crippen MR) is 129 cm³/mol. The smallest absolute Gasteiger partial charge is 0.251 e. The molecule has 7 nitrogen and oxygen atoms in total. The van der Waals surface area contributed by atoms with Crippen LogP contribution in [0, 0.1) is 0 Å². The highest BCUT2D eigenvalue weighted by molar-refractivity contribution is 7.91. The Bertz CT molecular complexity index is 1480. The molecule has 4 aromatic rings. The van der Waals surface area contributed by atoms with Crippen molar-refractivity contribution >= 4 is 49.8 Å². The van der Waals surface area contributed by atoms with Crippen LogP contribution >= 0.6 is 23.2 Å². The molecule has 1 aliphatic rings. The molecule has 1 fully saturated rings. The van der Waals surface area contributed by atoms with E-state index in [2.05, 4.69) is 10.3 Å². The molecule has 1 saturated heterocycles. The molecule has 0 radical (unpaired) electrons. The Hall–Kier alpha value is -2.94. The number of halogens is 2. The second-order valence-electron chi connectivity index (χ2n) is 7.88. The Morgan fingerprint density at radius 2 is 1.91 bits per heavy atom. The summed E-state index contributed by atoms with van der Waals surface area (Å²) in [6.45, 7) is 0. The average Bonchev–Trinajstić information content (AvgIpc) is 3.33. The molecule has 168 valence electrons. The Balaban J connectivity index is 1.60. The SMILES string of the molecule is O=C(NC1CCS(=O)(=O)C1)c1ccc2c(-c3ccccc3Cl)nn(-c3ccc(Cl)cn3)c2c1. The number of rotatable bonds is 4. The monoisotopic (exact) mass is 500 g/mol. The summed E-state index contributed by atoms with van der Waals surface area (Å²) in [4.78, 5) is 17.3. The molecule has 3 heterocycles. The standard InChI is InChI=1S/C23H18Cl2N4O3S/c24-15-6-8-21(26-12-15)29-20-11-14(23(30)27-16-9-10-33(31,32)13-16)5-7-18(20)22(28-29)17-3-1-2-4-19(17)25/h1-8,11-12,16H,9-10,13H2,(H,27,30). The summed E-state index contributed by atoms with van der Waals surface area (Å²) in [7, 11) is -3.10. The van der Waals surface area contributed by atoms with Gasteiger partial charge in [-0.3, -0.25) is 4.79 Å². The van der Waals surface area contributed by atoms with Gasteiger partial charge in [0.05, 0.1) is 27.1 Å². The van der Waals surface area contributed by atoms with Crippen molar-refractivity contribution in [2.75, 3.05) is 11.5 Å². The third-order valence-electron chi connectivity index (χ3n) is 5.57. The van der Waals surface area contributed by atoms with E-state index >= 15 is 0 Å². The fraction of sp³-hybridized carbons (Fsp3) is 0.174. The molecule has 1 N–H and O–H groups in total. The maximum atomic E-state index is 12.9. The molecule has 0 saturated carbocycles. The summed E-state index contributed by atoms with van der Waals surface area (Å²) in [6.07, 6.45) is 1.94. The predicted octanol–water partition coefficient (Wildman–Crippen LogP) is 4.31. The van der Waals surface area contributed by atoms with Crippen LogP contribution in [-0.2, 0) is 9.84 Å². The molecule has 1 unspecified atom stereocenters. The third kappa shape index (κ3) is 4.34. The molecule has 1 aliphatic heterocycles. The Morgan fingerprint density at radius 1 is 1.09 bits per heavy atom. The van der Waals surface area contributed by atoms with Gasteiger partial charge < -0.3 is 5.32 Å². The number of nitrogens with zero attached hydrogens (tertiary/aromatic N) is 3. The highest BCUT2D eigenvalue weighted by atomic mass is 35.5. The first-order valence-corrected chi connectivity index (χ1v) is 12.8. The normalized spacial score (nSPS) is 17.3. The molecule has 0 spiro atoms. The fourth-order valence-electron chi connectivity index (χ4n) is 3.95. The van der Waals surface area contributed by atoms with Gasteiger partial charge in [0, 0.05) is 28.8 Å². The van der Waals surface area contributed by atoms with Crippen molar-refractivity contribution < 1.29 is 13.2 Å². The van der Waals surface area contributed by atoms with Crippen LogP contribution in [0.2, 0.25) is 10.0 Å². The molecule has 2 aromatic heterocycles. The number of pyridine rings is 1. The van der Waals surface area contributed by atoms with Crippen molar-refractivity contribution in [3.63, 3.8) is 0 Å². The average molecular weight is 501 g/mol. The van der Waals surface area contributed by atoms with E-state index < -0.39 is 9.84 Å². The summed E-state index contributed by atoms with van der Waals surface area (Å²) >= 11 is 12.4. The molecule has 0 aliphatic carbocycles. The maximum absolute atomic E-state index is 12.9. The zero-order valence-corrected chi connectivity index (χ0v) is 19.5. The Morgan fingerprint density at radius 3 is 2.61 bits per heavy atom. The van der Waals surface area contributed by atoms with Crippen molar-refractivity contribution in [1.82, 2.24) is 20.1 Å². The highest BCUT2D eigenvalue weighted by Gasteiger charge is 2.29. The minimum atomic E-state index is -3.10. The number of carbonyl (C=O) groups is 1. The summed E-state index contributed by atoms with van der Waals surface area (Å²) in [5, 5.41) is 9.42. The summed E-state index contributed by atoms with van der Waals surface area (Å²) in [5.41, 5.74) is 2.46. The molecular formula is C23H18Cl2N4O3S. The van der Waals surface area contributed by atoms with E-state index in [-0.39, 0.29) is 23.5 Å². The lowest BCUT2D eigenvalue weighted by atomic mass is 10.1. The highest BCUT2D eigenvalue weighted by Crippen LogP contribution is 2.34. The van der Waals surface area contributed by atoms with Crippen LogP contribution in [0.4, 0.5) is 0 Å². The van der Waals surface area contributed by atoms with Crippen LogP contribution in [0.15, 0.2) is 60.8 Å². The van der Waals surface area contributed by atoms with Gasteiger partial charge in [-0.1, -0.05) is 41.4 Å². The number of carbonyl (C=O) groups excluding carboxylic acids is 1. The van der Waals surface area contributed by atoms with E-state index in [9.17, 15) is 13.2 Å². The first-order chi connectivity index (χ1) is 15.8. The lowest BCUT2D eigenvalue weighted by molar-refractivity contribution is 0.0941. The molecule has 1 amide bonds. The van der Waals surface area contributed by atoms with E-state index in [0.717, 1.165) is 10.9 Å². The van der Waals surface area contributed by atoms with Crippen molar-refractivity contribution in [3.8, 4) is 17.1 Å². The second-order valence-corrected chi connectivity index (χ2v) is 11.0. The second kappa shape index (κ2) is 8.44. The molecule has 5 rings (SSSR count). The van der Waals surface area contributed by atoms with Crippen LogP contribution in [0.25, 0.3) is 28.0 Å². The van der Waals surface area contributed by atoms with Crippen LogP contribution in [0.1, 0.15) is 16.8 Å². The number of aromatic nitrogens is 3. The van der Waals surface area contributed by atoms with E-state index in [0.29, 0.717) is 39.1 Å². The van der Waals surface area contributed by atoms with Crippen molar-refractivity contribution in [2.24, 2.45) is 0 Å². The van der Waals surface area contributed by atoms with E-state index in [4.69, 9.17) is 28.3 Å². The zero-order chi connectivity index (χ0) is 23.2. The van der Waals surface area contributed by atoms with Crippen LogP contribution in [0.5, 0.6) is 0 Å². The summed E-state index contributed by atoms with van der Waals surface area (Å²) in [5.74, 6) is 0.245. The minimum Gasteiger partial charge on any atom is -0.348 e. The zero-order valence-electron chi connectivity index (χ0n) is 17.2. The third-order valence-corrected chi connectivity index (χ3v) is 7.89. The number of hydrogen-bond acceptors (Lipinski definition) is 5. The quantitative estimate of drug-likeness (QED) is 0.450. The molecule has 10 heteroatoms. The van der Waals surface area contributed by atoms with Gasteiger partial charge in [0.15, 0.2) is 15.7 Å². The summed E-state index contributed by atoms with van der Waals surface area (Å²) in [6, 6.07) is 15.7. The van der Waals surface area contributed by atoms with Crippen LogP contribution < -0.4 is 5.32 Å². The van der Waals surface area contributed by atoms with Gasteiger partial charge in [0.25, 0.3) is 5.91 Å². The lowest BCUT2D eigenvalue weighted by Gasteiger charge is -2.11. The van der Waals surface area contributed by atoms with E-state index in [1.807, 2.05) is 24.3 Å². The van der Waals surface area contributed by atoms with Gasteiger partial charge in [-0.2, -0.15) is 5.10 Å². The molecular weight excluding hydrogens is 483 g/mol. The van der Waals surface area contributed by atoms with Gasteiger partial charge in [0.2, 0.25) is 0 Å². The Kier molecular flexibility index (Phi) is 5.60. The number of sulfone groups is 1. The van der Waals surface area contributed by atoms with Crippen molar-refractivity contribution in [2.45, 2.75) is 12.5 Å². The first-order valence-electron chi connectivity index (χ1n) is 10.2. The van der Waals surface area contributed by atoms with Crippen LogP contribution in [-0.4, -0.2) is 46.6 Å². The molecule has 1 atom stereocenters. The largest absolute Gasteiger partial charge is 0.348 e. The lowest BCUT2D eigenvalue weighted by Crippen LogP contribution is -2.35. The number of hydrogen-bond donors (Lipinski definition) is 1. The maximum Gasteiger partial charge on any atom is 0.251 e. The van der Waals surface area contributed by atoms with Crippen molar-refractivity contribution in [1.29, 1.82) is 0 Å². The van der Waals surface area contributed by atoms with Crippen molar-refractivity contribution in [3.05, 3.63) is 76.4 Å². The van der Waals surface area contributed by atoms with Gasteiger partial charge in [-0.15, -0.1) is 0 Å². The molecule has 2 aromatic carbocycles. The number of nitrogens with one attached hydrogen (secondary N) is 1. The van der Waals surface area contributed by atoms with Crippen LogP contribution in [0.3, 0.4) is 0 Å². The number of fused-ring (bicyclic) bond motifs is 1. The van der Waals surface area contributed by atoms with E-state index in [1.54, 1.807) is 35.0 Å². The summed E-state index contributed by atoms with van der Waals surface area (Å²) < 4.78 is 25.1. The number of benzene rings is 2.